The number of nitrogens with one attached hydrogen (secondary N) is 2. The van der Waals surface area contributed by atoms with Gasteiger partial charge in [0.25, 0.3) is 0 Å². The number of sulfonamides is 1. The van der Waals surface area contributed by atoms with Crippen LogP contribution in [0.5, 0.6) is 0 Å². The number of benzene rings is 1. The van der Waals surface area contributed by atoms with Crippen LogP contribution in [0.4, 0.5) is 0 Å². The van der Waals surface area contributed by atoms with Gasteiger partial charge in [-0.25, -0.2) is 13.1 Å². The minimum Gasteiger partial charge on any atom is -0.310 e. The van der Waals surface area contributed by atoms with Gasteiger partial charge >= 0.3 is 0 Å². The molecule has 2 unspecified atom stereocenters. The van der Waals surface area contributed by atoms with Crippen molar-refractivity contribution in [2.45, 2.75) is 37.8 Å². The monoisotopic (exact) mass is 313 g/mol. The zero-order chi connectivity index (χ0) is 16.0. The molecule has 21 heavy (non-hydrogen) atoms. The number of rotatable bonds is 8. The van der Waals surface area contributed by atoms with Crippen molar-refractivity contribution in [3.63, 3.8) is 0 Å². The highest BCUT2D eigenvalue weighted by Crippen LogP contribution is 2.16. The molecule has 0 saturated carbocycles. The summed E-state index contributed by atoms with van der Waals surface area (Å²) in [4.78, 5) is 2.28. The number of hydrogen-bond donors (Lipinski definition) is 2. The van der Waals surface area contributed by atoms with Gasteiger partial charge in [0.05, 0.1) is 4.90 Å². The summed E-state index contributed by atoms with van der Waals surface area (Å²) in [6.45, 7) is 7.36. The maximum absolute atomic E-state index is 12.2. The first kappa shape index (κ1) is 18.1. The molecular formula is C15H27N3O2S. The first-order valence-electron chi connectivity index (χ1n) is 7.27. The summed E-state index contributed by atoms with van der Waals surface area (Å²) in [7, 11) is 0.412. The van der Waals surface area contributed by atoms with Gasteiger partial charge in [0.1, 0.15) is 0 Å². The van der Waals surface area contributed by atoms with Crippen LogP contribution < -0.4 is 10.0 Å². The number of nitrogens with zero attached hydrogens (tertiary/aromatic N) is 1. The van der Waals surface area contributed by atoms with Crippen molar-refractivity contribution < 1.29 is 8.42 Å². The van der Waals surface area contributed by atoms with Gasteiger partial charge in [-0.1, -0.05) is 19.1 Å². The lowest BCUT2D eigenvalue weighted by Gasteiger charge is -2.20. The van der Waals surface area contributed by atoms with E-state index in [9.17, 15) is 8.42 Å². The summed E-state index contributed by atoms with van der Waals surface area (Å²) >= 11 is 0. The Balaban J connectivity index is 2.76. The Morgan fingerprint density at radius 2 is 1.71 bits per heavy atom. The molecule has 0 bridgehead atoms. The van der Waals surface area contributed by atoms with Gasteiger partial charge in [-0.05, 0) is 52.2 Å². The molecule has 0 saturated heterocycles. The van der Waals surface area contributed by atoms with Crippen LogP contribution in [-0.2, 0) is 10.0 Å². The van der Waals surface area contributed by atoms with Crippen LogP contribution in [0.2, 0.25) is 0 Å². The third kappa shape index (κ3) is 5.39. The second-order valence-corrected chi connectivity index (χ2v) is 7.28. The van der Waals surface area contributed by atoms with E-state index >= 15 is 0 Å². The molecule has 120 valence electrons. The quantitative estimate of drug-likeness (QED) is 0.765. The van der Waals surface area contributed by atoms with Gasteiger partial charge < -0.3 is 10.2 Å². The molecule has 0 aromatic heterocycles. The van der Waals surface area contributed by atoms with Crippen LogP contribution in [0.15, 0.2) is 29.2 Å². The Kier molecular flexibility index (Phi) is 6.80. The highest BCUT2D eigenvalue weighted by molar-refractivity contribution is 7.89. The van der Waals surface area contributed by atoms with Gasteiger partial charge in [0.2, 0.25) is 10.0 Å². The highest BCUT2D eigenvalue weighted by atomic mass is 32.2. The lowest BCUT2D eigenvalue weighted by molar-refractivity contribution is 0.314. The Morgan fingerprint density at radius 1 is 1.14 bits per heavy atom. The first-order valence-corrected chi connectivity index (χ1v) is 8.75. The van der Waals surface area contributed by atoms with Crippen LogP contribution in [-0.4, -0.2) is 46.5 Å². The van der Waals surface area contributed by atoms with Crippen molar-refractivity contribution in [3.8, 4) is 0 Å². The minimum absolute atomic E-state index is 0.146. The van der Waals surface area contributed by atoms with E-state index < -0.39 is 10.0 Å². The van der Waals surface area contributed by atoms with Crippen molar-refractivity contribution in [2.24, 2.45) is 0 Å². The van der Waals surface area contributed by atoms with Gasteiger partial charge in [0, 0.05) is 18.6 Å². The van der Waals surface area contributed by atoms with Crippen molar-refractivity contribution in [2.75, 3.05) is 27.2 Å². The fourth-order valence-corrected chi connectivity index (χ4v) is 2.98. The number of likely N-dealkylation sites (N-methyl/N-ethyl adjacent to an activating group) is 1. The molecule has 0 heterocycles. The van der Waals surface area contributed by atoms with E-state index in [0.29, 0.717) is 11.4 Å². The van der Waals surface area contributed by atoms with E-state index in [-0.39, 0.29) is 12.1 Å². The van der Waals surface area contributed by atoms with Gasteiger partial charge in [-0.2, -0.15) is 0 Å². The van der Waals surface area contributed by atoms with Crippen molar-refractivity contribution in [1.82, 2.24) is 14.9 Å². The van der Waals surface area contributed by atoms with Crippen molar-refractivity contribution in [3.05, 3.63) is 29.8 Å². The zero-order valence-corrected chi connectivity index (χ0v) is 14.4. The second-order valence-electron chi connectivity index (χ2n) is 5.51. The molecule has 2 N–H and O–H groups in total. The van der Waals surface area contributed by atoms with Crippen LogP contribution in [0.25, 0.3) is 0 Å². The largest absolute Gasteiger partial charge is 0.310 e. The average molecular weight is 313 g/mol. The molecule has 0 aliphatic rings. The lowest BCUT2D eigenvalue weighted by atomic mass is 10.1. The molecule has 6 heteroatoms. The predicted octanol–water partition coefficient (Wildman–Crippen LogP) is 1.59. The first-order chi connectivity index (χ1) is 9.77. The standard InChI is InChI=1S/C15H27N3O2S/c1-6-16-13(3)14-7-9-15(10-8-14)21(19,20)17-11-12(2)18(4)5/h7-10,12-13,16-17H,6,11H2,1-5H3. The Morgan fingerprint density at radius 3 is 2.19 bits per heavy atom. The zero-order valence-electron chi connectivity index (χ0n) is 13.6. The molecule has 5 nitrogen and oxygen atoms in total. The fraction of sp³-hybridized carbons (Fsp3) is 0.600. The lowest BCUT2D eigenvalue weighted by Crippen LogP contribution is -2.38. The van der Waals surface area contributed by atoms with E-state index in [0.717, 1.165) is 12.1 Å². The third-order valence-electron chi connectivity index (χ3n) is 3.65. The predicted molar refractivity (Wildman–Crippen MR) is 86.9 cm³/mol. The van der Waals surface area contributed by atoms with Crippen LogP contribution in [0.3, 0.4) is 0 Å². The summed E-state index contributed by atoms with van der Waals surface area (Å²) in [5.74, 6) is 0. The molecular weight excluding hydrogens is 286 g/mol. The molecule has 0 amide bonds. The number of hydrogen-bond acceptors (Lipinski definition) is 4. The van der Waals surface area contributed by atoms with E-state index in [1.165, 1.54) is 0 Å². The normalized spacial score (nSPS) is 15.1. The topological polar surface area (TPSA) is 61.4 Å². The van der Waals surface area contributed by atoms with E-state index in [1.54, 1.807) is 12.1 Å². The fourth-order valence-electron chi connectivity index (χ4n) is 1.86. The van der Waals surface area contributed by atoms with Gasteiger partial charge in [-0.15, -0.1) is 0 Å². The Labute approximate surface area is 128 Å². The molecule has 1 aromatic carbocycles. The molecule has 1 aromatic rings. The van der Waals surface area contributed by atoms with E-state index in [2.05, 4.69) is 17.0 Å². The summed E-state index contributed by atoms with van der Waals surface area (Å²) in [6.07, 6.45) is 0. The summed E-state index contributed by atoms with van der Waals surface area (Å²) in [5, 5.41) is 3.30. The molecule has 0 aliphatic carbocycles. The van der Waals surface area contributed by atoms with Gasteiger partial charge in [0.15, 0.2) is 0 Å². The molecule has 0 fully saturated rings. The minimum atomic E-state index is -3.44. The molecule has 0 radical (unpaired) electrons. The Hall–Kier alpha value is -0.950. The maximum Gasteiger partial charge on any atom is 0.240 e. The summed E-state index contributed by atoms with van der Waals surface area (Å²) in [6, 6.07) is 7.40. The Bertz CT molecular complexity index is 526. The smallest absolute Gasteiger partial charge is 0.240 e. The molecule has 0 spiro atoms. The van der Waals surface area contributed by atoms with E-state index in [4.69, 9.17) is 0 Å². The summed E-state index contributed by atoms with van der Waals surface area (Å²) < 4.78 is 27.1. The summed E-state index contributed by atoms with van der Waals surface area (Å²) in [5.41, 5.74) is 1.08. The van der Waals surface area contributed by atoms with Gasteiger partial charge in [-0.3, -0.25) is 0 Å². The third-order valence-corrected chi connectivity index (χ3v) is 5.09. The maximum atomic E-state index is 12.2. The van der Waals surface area contributed by atoms with Crippen LogP contribution in [0, 0.1) is 0 Å². The molecule has 1 rings (SSSR count). The highest BCUT2D eigenvalue weighted by Gasteiger charge is 2.16. The van der Waals surface area contributed by atoms with E-state index in [1.807, 2.05) is 45.0 Å². The van der Waals surface area contributed by atoms with Crippen LogP contribution in [0.1, 0.15) is 32.4 Å². The molecule has 0 aliphatic heterocycles. The second kappa shape index (κ2) is 7.89. The van der Waals surface area contributed by atoms with Crippen molar-refractivity contribution in [1.29, 1.82) is 0 Å². The molecule has 2 atom stereocenters. The van der Waals surface area contributed by atoms with Crippen molar-refractivity contribution >= 4 is 10.0 Å². The SMILES string of the molecule is CCNC(C)c1ccc(S(=O)(=O)NCC(C)N(C)C)cc1. The average Bonchev–Trinajstić information content (AvgIpc) is 2.45. The van der Waals surface area contributed by atoms with Crippen LogP contribution >= 0.6 is 0 Å².